The van der Waals surface area contributed by atoms with E-state index in [0.29, 0.717) is 0 Å². The molecule has 0 aliphatic heterocycles. The largest absolute Gasteiger partial charge is 0.309 e. The fourth-order valence-electron chi connectivity index (χ4n) is 11.3. The molecule has 3 aliphatic rings. The van der Waals surface area contributed by atoms with Gasteiger partial charge in [-0.1, -0.05) is 182 Å². The van der Waals surface area contributed by atoms with Crippen LogP contribution in [0.3, 0.4) is 0 Å². The highest BCUT2D eigenvalue weighted by molar-refractivity contribution is 6.17. The molecule has 0 amide bonds. The Morgan fingerprint density at radius 3 is 1.39 bits per heavy atom. The lowest BCUT2D eigenvalue weighted by atomic mass is 9.68. The van der Waals surface area contributed by atoms with Gasteiger partial charge >= 0.3 is 0 Å². The van der Waals surface area contributed by atoms with Gasteiger partial charge in [-0.3, -0.25) is 0 Å². The van der Waals surface area contributed by atoms with Gasteiger partial charge in [0, 0.05) is 33.3 Å². The van der Waals surface area contributed by atoms with Crippen LogP contribution in [-0.2, 0) is 11.8 Å². The molecule has 1 spiro atoms. The van der Waals surface area contributed by atoms with Crippen molar-refractivity contribution in [3.8, 4) is 11.1 Å². The van der Waals surface area contributed by atoms with Gasteiger partial charge in [-0.25, -0.2) is 0 Å². The first-order chi connectivity index (χ1) is 30.8. The summed E-state index contributed by atoms with van der Waals surface area (Å²) in [7, 11) is 0. The van der Waals surface area contributed by atoms with Crippen LogP contribution in [0, 0.1) is 0 Å². The normalized spacial score (nSPS) is 15.4. The van der Waals surface area contributed by atoms with E-state index in [0.717, 1.165) is 23.5 Å². The third kappa shape index (κ3) is 4.81. The Bertz CT molecular complexity index is 3440. The molecule has 10 aromatic carbocycles. The minimum absolute atomic E-state index is 0.558. The molecule has 0 heterocycles. The van der Waals surface area contributed by atoms with E-state index in [2.05, 4.69) is 240 Å². The van der Waals surface area contributed by atoms with E-state index in [4.69, 9.17) is 0 Å². The maximum Gasteiger partial charge on any atom is 0.0729 e. The number of fused-ring (bicyclic) bond motifs is 13. The number of allylic oxidation sites excluding steroid dienone is 2. The van der Waals surface area contributed by atoms with Gasteiger partial charge < -0.3 is 9.80 Å². The van der Waals surface area contributed by atoms with Gasteiger partial charge in [-0.05, 0) is 110 Å². The zero-order chi connectivity index (χ0) is 40.8. The molecule has 0 N–H and O–H groups in total. The molecule has 2 nitrogen and oxygen atoms in total. The first-order valence-electron chi connectivity index (χ1n) is 21.7. The van der Waals surface area contributed by atoms with E-state index < -0.39 is 5.41 Å². The first-order valence-corrected chi connectivity index (χ1v) is 21.7. The molecule has 62 heavy (non-hydrogen) atoms. The highest BCUT2D eigenvalue weighted by Gasteiger charge is 2.56. The van der Waals surface area contributed by atoms with Crippen molar-refractivity contribution in [3.05, 3.63) is 264 Å². The Kier molecular flexibility index (Phi) is 7.62. The Morgan fingerprint density at radius 2 is 0.758 bits per heavy atom. The van der Waals surface area contributed by atoms with Gasteiger partial charge in [0.05, 0.1) is 28.2 Å². The molecule has 10 aromatic rings. The Morgan fingerprint density at radius 1 is 0.323 bits per heavy atom. The molecule has 3 aliphatic carbocycles. The molecule has 0 saturated carbocycles. The highest BCUT2D eigenvalue weighted by atomic mass is 15.2. The van der Waals surface area contributed by atoms with Crippen LogP contribution >= 0.6 is 0 Å². The number of nitrogens with zero attached hydrogens (tertiary/aromatic N) is 2. The van der Waals surface area contributed by atoms with E-state index in [1.165, 1.54) is 94.3 Å². The van der Waals surface area contributed by atoms with Crippen molar-refractivity contribution in [1.82, 2.24) is 0 Å². The van der Waals surface area contributed by atoms with Crippen molar-refractivity contribution >= 4 is 66.8 Å². The minimum Gasteiger partial charge on any atom is -0.309 e. The number of rotatable bonds is 6. The molecule has 1 atom stereocenters. The van der Waals surface area contributed by atoms with Crippen LogP contribution in [0.2, 0.25) is 0 Å². The second-order valence-electron chi connectivity index (χ2n) is 16.7. The lowest BCUT2D eigenvalue weighted by Gasteiger charge is -2.35. The van der Waals surface area contributed by atoms with Crippen molar-refractivity contribution < 1.29 is 0 Å². The first kappa shape index (κ1) is 34.9. The Balaban J connectivity index is 1.14. The van der Waals surface area contributed by atoms with Crippen molar-refractivity contribution in [2.75, 3.05) is 9.80 Å². The van der Waals surface area contributed by atoms with Gasteiger partial charge in [0.2, 0.25) is 0 Å². The predicted molar refractivity (Wildman–Crippen MR) is 260 cm³/mol. The summed E-state index contributed by atoms with van der Waals surface area (Å²) in [5, 5.41) is 4.89. The van der Waals surface area contributed by atoms with Crippen LogP contribution in [0.15, 0.2) is 231 Å². The quantitative estimate of drug-likeness (QED) is 0.166. The average molecular weight is 789 g/mol. The van der Waals surface area contributed by atoms with Crippen LogP contribution in [-0.4, -0.2) is 0 Å². The van der Waals surface area contributed by atoms with Crippen LogP contribution in [0.25, 0.3) is 43.8 Å². The standard InChI is InChI=1S/C60H40N2/c1-3-24-43(25-4-1)61(53-35-15-22-40-19-7-10-28-45(40)53)55-37-17-33-51-57(55)48-31-13-14-32-50(48)60(51)52-34-18-38-56(58(52)49-39-42-21-9-12-30-47(42)59(49)60)62(44-26-5-2-6-27-44)54-36-16-23-41-20-8-11-29-46(41)54/h1-38H,39H2. The van der Waals surface area contributed by atoms with E-state index in [9.17, 15) is 0 Å². The zero-order valence-electron chi connectivity index (χ0n) is 34.0. The van der Waals surface area contributed by atoms with Crippen LogP contribution in [0.1, 0.15) is 33.4 Å². The average Bonchev–Trinajstić information content (AvgIpc) is 3.97. The molecular weight excluding hydrogens is 749 g/mol. The van der Waals surface area contributed by atoms with Crippen molar-refractivity contribution in [2.45, 2.75) is 11.8 Å². The predicted octanol–water partition coefficient (Wildman–Crippen LogP) is 15.7. The topological polar surface area (TPSA) is 6.48 Å². The summed E-state index contributed by atoms with van der Waals surface area (Å²) in [6, 6.07) is 85.4. The van der Waals surface area contributed by atoms with Crippen LogP contribution < -0.4 is 9.80 Å². The number of para-hydroxylation sites is 2. The summed E-state index contributed by atoms with van der Waals surface area (Å²) >= 11 is 0. The maximum absolute atomic E-state index is 2.52. The van der Waals surface area contributed by atoms with Crippen LogP contribution in [0.4, 0.5) is 34.1 Å². The summed E-state index contributed by atoms with van der Waals surface area (Å²) in [5.74, 6) is 0. The fraction of sp³-hybridized carbons (Fsp3) is 0.0333. The van der Waals surface area contributed by atoms with Gasteiger partial charge in [0.25, 0.3) is 0 Å². The second-order valence-corrected chi connectivity index (χ2v) is 16.7. The van der Waals surface area contributed by atoms with Gasteiger partial charge in [-0.2, -0.15) is 0 Å². The molecule has 290 valence electrons. The van der Waals surface area contributed by atoms with E-state index >= 15 is 0 Å². The smallest absolute Gasteiger partial charge is 0.0729 e. The van der Waals surface area contributed by atoms with Crippen molar-refractivity contribution in [2.24, 2.45) is 0 Å². The Labute approximate surface area is 361 Å². The lowest BCUT2D eigenvalue weighted by Crippen LogP contribution is -2.27. The number of hydrogen-bond acceptors (Lipinski definition) is 2. The highest BCUT2D eigenvalue weighted by Crippen LogP contribution is 2.69. The third-order valence-electron chi connectivity index (χ3n) is 13.7. The van der Waals surface area contributed by atoms with E-state index in [-0.39, 0.29) is 0 Å². The van der Waals surface area contributed by atoms with E-state index in [1.807, 2.05) is 0 Å². The minimum atomic E-state index is -0.558. The molecular formula is C60H40N2. The Hall–Kier alpha value is -7.94. The summed E-state index contributed by atoms with van der Waals surface area (Å²) < 4.78 is 0. The second kappa shape index (κ2) is 13.5. The molecule has 2 heteroatoms. The summed E-state index contributed by atoms with van der Waals surface area (Å²) in [6.45, 7) is 0. The summed E-state index contributed by atoms with van der Waals surface area (Å²) in [6.07, 6.45) is 0.874. The fourth-order valence-corrected chi connectivity index (χ4v) is 11.3. The van der Waals surface area contributed by atoms with Gasteiger partial charge in [0.1, 0.15) is 0 Å². The molecule has 1 unspecified atom stereocenters. The molecule has 0 radical (unpaired) electrons. The number of hydrogen-bond donors (Lipinski definition) is 0. The molecule has 0 aromatic heterocycles. The van der Waals surface area contributed by atoms with Gasteiger partial charge in [-0.15, -0.1) is 0 Å². The lowest BCUT2D eigenvalue weighted by molar-refractivity contribution is 0.841. The van der Waals surface area contributed by atoms with Crippen molar-refractivity contribution in [1.29, 1.82) is 0 Å². The number of benzene rings is 10. The van der Waals surface area contributed by atoms with Crippen molar-refractivity contribution in [3.63, 3.8) is 0 Å². The third-order valence-corrected chi connectivity index (χ3v) is 13.7. The molecule has 0 saturated heterocycles. The SMILES string of the molecule is c1ccc(N(c2cccc3c2C2=C(c4ccccc4C2)C32c3ccccc3-c3c(N(c4ccccc4)c4cccc5ccccc45)cccc32)c2cccc3ccccc23)cc1. The number of anilines is 6. The summed E-state index contributed by atoms with van der Waals surface area (Å²) in [4.78, 5) is 5.02. The zero-order valence-corrected chi connectivity index (χ0v) is 34.0. The molecule has 0 fully saturated rings. The van der Waals surface area contributed by atoms with Crippen LogP contribution in [0.5, 0.6) is 0 Å². The van der Waals surface area contributed by atoms with Gasteiger partial charge in [0.15, 0.2) is 0 Å². The van der Waals surface area contributed by atoms with E-state index in [1.54, 1.807) is 0 Å². The maximum atomic E-state index is 2.52. The molecule has 0 bridgehead atoms. The monoisotopic (exact) mass is 788 g/mol. The molecule has 13 rings (SSSR count). The summed E-state index contributed by atoms with van der Waals surface area (Å²) in [5.41, 5.74) is 19.9.